The van der Waals surface area contributed by atoms with Gasteiger partial charge in [-0.3, -0.25) is 4.84 Å². The molecule has 17 heavy (non-hydrogen) atoms. The first-order valence-electron chi connectivity index (χ1n) is 5.46. The molecule has 5 nitrogen and oxygen atoms in total. The number of hydrogen-bond acceptors (Lipinski definition) is 4. The standard InChI is InChI=1S/C11H16N2O3S/c1-8-4-5-10(12)9(2)11(8)17(14,15)13-6-3-7-16-13/h4-5H,3,6-7,12H2,1-2H3. The quantitative estimate of drug-likeness (QED) is 0.807. The Morgan fingerprint density at radius 1 is 1.35 bits per heavy atom. The third kappa shape index (κ3) is 2.03. The maximum Gasteiger partial charge on any atom is 0.265 e. The Morgan fingerprint density at radius 3 is 2.65 bits per heavy atom. The molecule has 0 aromatic heterocycles. The van der Waals surface area contributed by atoms with Gasteiger partial charge in [0.25, 0.3) is 10.0 Å². The molecule has 0 saturated carbocycles. The minimum absolute atomic E-state index is 0.263. The van der Waals surface area contributed by atoms with Crippen molar-refractivity contribution in [2.75, 3.05) is 18.9 Å². The monoisotopic (exact) mass is 256 g/mol. The lowest BCUT2D eigenvalue weighted by atomic mass is 10.1. The average molecular weight is 256 g/mol. The van der Waals surface area contributed by atoms with Crippen LogP contribution in [0.3, 0.4) is 0 Å². The van der Waals surface area contributed by atoms with E-state index in [1.807, 2.05) is 0 Å². The van der Waals surface area contributed by atoms with Crippen LogP contribution in [0.2, 0.25) is 0 Å². The predicted molar refractivity (Wildman–Crippen MR) is 64.8 cm³/mol. The smallest absolute Gasteiger partial charge is 0.265 e. The minimum atomic E-state index is -3.59. The average Bonchev–Trinajstić information content (AvgIpc) is 2.77. The first kappa shape index (κ1) is 12.3. The number of nitrogens with two attached hydrogens (primary N) is 1. The number of rotatable bonds is 2. The second kappa shape index (κ2) is 4.29. The Balaban J connectivity index is 2.56. The van der Waals surface area contributed by atoms with Crippen molar-refractivity contribution in [1.29, 1.82) is 0 Å². The first-order chi connectivity index (χ1) is 7.94. The van der Waals surface area contributed by atoms with Crippen molar-refractivity contribution < 1.29 is 13.3 Å². The van der Waals surface area contributed by atoms with Crippen molar-refractivity contribution >= 4 is 15.7 Å². The second-order valence-corrected chi connectivity index (χ2v) is 5.91. The maximum absolute atomic E-state index is 12.4. The van der Waals surface area contributed by atoms with Gasteiger partial charge in [-0.25, -0.2) is 8.42 Å². The van der Waals surface area contributed by atoms with E-state index in [9.17, 15) is 8.42 Å². The van der Waals surface area contributed by atoms with Crippen LogP contribution in [0.5, 0.6) is 0 Å². The molecule has 2 N–H and O–H groups in total. The summed E-state index contributed by atoms with van der Waals surface area (Å²) in [7, 11) is -3.59. The van der Waals surface area contributed by atoms with Crippen molar-refractivity contribution in [2.24, 2.45) is 0 Å². The molecule has 0 atom stereocenters. The predicted octanol–water partition coefficient (Wildman–Crippen LogP) is 1.21. The summed E-state index contributed by atoms with van der Waals surface area (Å²) < 4.78 is 25.8. The van der Waals surface area contributed by atoms with Gasteiger partial charge in [-0.15, -0.1) is 0 Å². The first-order valence-corrected chi connectivity index (χ1v) is 6.90. The maximum atomic E-state index is 12.4. The Morgan fingerprint density at radius 2 is 2.06 bits per heavy atom. The highest BCUT2D eigenvalue weighted by Gasteiger charge is 2.31. The summed E-state index contributed by atoms with van der Waals surface area (Å²) in [5.41, 5.74) is 7.51. The zero-order valence-electron chi connectivity index (χ0n) is 9.93. The highest BCUT2D eigenvalue weighted by molar-refractivity contribution is 7.89. The van der Waals surface area contributed by atoms with Crippen LogP contribution >= 0.6 is 0 Å². The molecule has 0 radical (unpaired) electrons. The highest BCUT2D eigenvalue weighted by Crippen LogP contribution is 2.29. The number of aryl methyl sites for hydroxylation is 1. The molecule has 0 amide bonds. The zero-order valence-corrected chi connectivity index (χ0v) is 10.8. The molecule has 2 rings (SSSR count). The van der Waals surface area contributed by atoms with E-state index in [0.29, 0.717) is 30.0 Å². The minimum Gasteiger partial charge on any atom is -0.398 e. The van der Waals surface area contributed by atoms with Crippen molar-refractivity contribution in [3.05, 3.63) is 23.3 Å². The van der Waals surface area contributed by atoms with Crippen LogP contribution in [0.25, 0.3) is 0 Å². The van der Waals surface area contributed by atoms with Gasteiger partial charge in [0, 0.05) is 12.2 Å². The van der Waals surface area contributed by atoms with Crippen molar-refractivity contribution in [3.63, 3.8) is 0 Å². The third-order valence-electron chi connectivity index (χ3n) is 2.89. The van der Waals surface area contributed by atoms with Gasteiger partial charge in [0.05, 0.1) is 11.5 Å². The Hall–Kier alpha value is -1.11. The van der Waals surface area contributed by atoms with E-state index in [4.69, 9.17) is 10.6 Å². The van der Waals surface area contributed by atoms with E-state index in [1.54, 1.807) is 26.0 Å². The van der Waals surface area contributed by atoms with Crippen LogP contribution in [0.4, 0.5) is 5.69 Å². The molecule has 1 aliphatic heterocycles. The SMILES string of the molecule is Cc1ccc(N)c(C)c1S(=O)(=O)N1CCCO1. The Labute approximate surface area is 101 Å². The molecule has 1 aromatic carbocycles. The molecule has 1 aromatic rings. The molecular formula is C11H16N2O3S. The van der Waals surface area contributed by atoms with Gasteiger partial charge in [0.2, 0.25) is 0 Å². The zero-order chi connectivity index (χ0) is 12.6. The summed E-state index contributed by atoms with van der Waals surface area (Å²) in [4.78, 5) is 5.39. The molecule has 0 spiro atoms. The number of benzene rings is 1. The number of hydroxylamine groups is 1. The number of anilines is 1. The Bertz CT molecular complexity index is 534. The summed E-state index contributed by atoms with van der Waals surface area (Å²) in [6.07, 6.45) is 0.722. The van der Waals surface area contributed by atoms with Gasteiger partial charge in [-0.1, -0.05) is 10.5 Å². The number of nitrogens with zero attached hydrogens (tertiary/aromatic N) is 1. The largest absolute Gasteiger partial charge is 0.398 e. The molecule has 94 valence electrons. The topological polar surface area (TPSA) is 72.6 Å². The fourth-order valence-electron chi connectivity index (χ4n) is 1.96. The molecule has 1 fully saturated rings. The summed E-state index contributed by atoms with van der Waals surface area (Å²) >= 11 is 0. The fourth-order valence-corrected chi connectivity index (χ4v) is 3.72. The normalized spacial score (nSPS) is 17.5. The van der Waals surface area contributed by atoms with Gasteiger partial charge in [-0.2, -0.15) is 0 Å². The van der Waals surface area contributed by atoms with Crippen LogP contribution in [0.1, 0.15) is 17.5 Å². The van der Waals surface area contributed by atoms with Crippen LogP contribution < -0.4 is 5.73 Å². The fraction of sp³-hybridized carbons (Fsp3) is 0.455. The van der Waals surface area contributed by atoms with Crippen molar-refractivity contribution in [2.45, 2.75) is 25.2 Å². The molecule has 0 unspecified atom stereocenters. The lowest BCUT2D eigenvalue weighted by molar-refractivity contribution is -0.0285. The molecule has 0 bridgehead atoms. The van der Waals surface area contributed by atoms with Gasteiger partial charge in [-0.05, 0) is 37.5 Å². The van der Waals surface area contributed by atoms with E-state index in [-0.39, 0.29) is 4.90 Å². The number of hydrogen-bond donors (Lipinski definition) is 1. The summed E-state index contributed by atoms with van der Waals surface area (Å²) in [5, 5.41) is 0. The summed E-state index contributed by atoms with van der Waals surface area (Å²) in [6.45, 7) is 4.32. The number of sulfonamides is 1. The van der Waals surface area contributed by atoms with E-state index in [1.165, 1.54) is 0 Å². The van der Waals surface area contributed by atoms with Gasteiger partial charge >= 0.3 is 0 Å². The van der Waals surface area contributed by atoms with Gasteiger partial charge in [0.1, 0.15) is 0 Å². The lowest BCUT2D eigenvalue weighted by Crippen LogP contribution is -2.28. The molecule has 1 aliphatic rings. The molecule has 1 saturated heterocycles. The van der Waals surface area contributed by atoms with E-state index in [0.717, 1.165) is 10.9 Å². The molecular weight excluding hydrogens is 240 g/mol. The van der Waals surface area contributed by atoms with Crippen LogP contribution in [-0.2, 0) is 14.9 Å². The van der Waals surface area contributed by atoms with Crippen molar-refractivity contribution in [1.82, 2.24) is 4.47 Å². The highest BCUT2D eigenvalue weighted by atomic mass is 32.2. The van der Waals surface area contributed by atoms with Crippen LogP contribution in [0, 0.1) is 13.8 Å². The Kier molecular flexibility index (Phi) is 3.11. The summed E-state index contributed by atoms with van der Waals surface area (Å²) in [5.74, 6) is 0. The van der Waals surface area contributed by atoms with Gasteiger partial charge < -0.3 is 5.73 Å². The number of nitrogen functional groups attached to an aromatic ring is 1. The lowest BCUT2D eigenvalue weighted by Gasteiger charge is -2.18. The van der Waals surface area contributed by atoms with E-state index < -0.39 is 10.0 Å². The van der Waals surface area contributed by atoms with Crippen LogP contribution in [0.15, 0.2) is 17.0 Å². The molecule has 1 heterocycles. The summed E-state index contributed by atoms with van der Waals surface area (Å²) in [6, 6.07) is 3.43. The molecule has 0 aliphatic carbocycles. The van der Waals surface area contributed by atoms with E-state index >= 15 is 0 Å². The third-order valence-corrected chi connectivity index (χ3v) is 4.86. The van der Waals surface area contributed by atoms with Crippen LogP contribution in [-0.4, -0.2) is 26.0 Å². The second-order valence-electron chi connectivity index (χ2n) is 4.14. The van der Waals surface area contributed by atoms with Gasteiger partial charge in [0.15, 0.2) is 0 Å². The van der Waals surface area contributed by atoms with Crippen molar-refractivity contribution in [3.8, 4) is 0 Å². The molecule has 6 heteroatoms. The van der Waals surface area contributed by atoms with E-state index in [2.05, 4.69) is 0 Å².